The molecule has 0 fully saturated rings. The Balaban J connectivity index is 1.88. The summed E-state index contributed by atoms with van der Waals surface area (Å²) >= 11 is 0. The van der Waals surface area contributed by atoms with E-state index in [1.54, 1.807) is 6.07 Å². The van der Waals surface area contributed by atoms with Gasteiger partial charge in [-0.05, 0) is 42.0 Å². The van der Waals surface area contributed by atoms with Crippen LogP contribution >= 0.6 is 0 Å². The van der Waals surface area contributed by atoms with Crippen molar-refractivity contribution in [3.05, 3.63) is 54.5 Å². The topological polar surface area (TPSA) is 93.0 Å². The summed E-state index contributed by atoms with van der Waals surface area (Å²) < 4.78 is 16.5. The van der Waals surface area contributed by atoms with Crippen molar-refractivity contribution in [1.29, 1.82) is 0 Å². The van der Waals surface area contributed by atoms with Crippen LogP contribution in [0.1, 0.15) is 46.6 Å². The molecule has 1 aromatic heterocycles. The lowest BCUT2D eigenvalue weighted by Crippen LogP contribution is -2.50. The highest BCUT2D eigenvalue weighted by atomic mass is 28.4. The Morgan fingerprint density at radius 2 is 1.80 bits per heavy atom. The molecule has 196 valence electrons. The van der Waals surface area contributed by atoms with Crippen LogP contribution in [0.15, 0.2) is 53.3 Å². The maximum absolute atomic E-state index is 12.4. The van der Waals surface area contributed by atoms with Crippen LogP contribution in [0.2, 0.25) is 18.1 Å². The highest BCUT2D eigenvalue weighted by molar-refractivity contribution is 6.74. The number of benzene rings is 1. The van der Waals surface area contributed by atoms with Crippen LogP contribution in [-0.2, 0) is 10.8 Å². The van der Waals surface area contributed by atoms with E-state index in [9.17, 15) is 9.90 Å². The maximum Gasteiger partial charge on any atom is 0.413 e. The molecule has 0 saturated carbocycles. The summed E-state index contributed by atoms with van der Waals surface area (Å²) in [4.78, 5) is 12.4. The summed E-state index contributed by atoms with van der Waals surface area (Å²) in [5.41, 5.74) is 1.02. The van der Waals surface area contributed by atoms with Gasteiger partial charge >= 0.3 is 6.09 Å². The van der Waals surface area contributed by atoms with Crippen molar-refractivity contribution >= 4 is 14.4 Å². The molecule has 0 unspecified atom stereocenters. The molecule has 0 aliphatic carbocycles. The minimum Gasteiger partial charge on any atom is -0.469 e. The van der Waals surface area contributed by atoms with E-state index in [2.05, 4.69) is 58.3 Å². The van der Waals surface area contributed by atoms with Crippen LogP contribution in [0.3, 0.4) is 0 Å². The molecule has 0 aliphatic rings. The van der Waals surface area contributed by atoms with Crippen molar-refractivity contribution in [1.82, 2.24) is 10.6 Å². The van der Waals surface area contributed by atoms with Gasteiger partial charge in [0.25, 0.3) is 0 Å². The summed E-state index contributed by atoms with van der Waals surface area (Å²) in [6.07, 6.45) is 2.75. The lowest BCUT2D eigenvalue weighted by Gasteiger charge is -2.37. The second kappa shape index (κ2) is 12.7. The lowest BCUT2D eigenvalue weighted by molar-refractivity contribution is 0.114. The average Bonchev–Trinajstić information content (AvgIpc) is 3.25. The zero-order valence-corrected chi connectivity index (χ0v) is 23.4. The van der Waals surface area contributed by atoms with Crippen molar-refractivity contribution in [3.63, 3.8) is 0 Å². The van der Waals surface area contributed by atoms with E-state index in [-0.39, 0.29) is 10.5 Å². The van der Waals surface area contributed by atoms with E-state index in [1.165, 1.54) is 12.5 Å². The molecule has 0 radical (unpaired) electrons. The van der Waals surface area contributed by atoms with E-state index in [0.29, 0.717) is 18.7 Å². The van der Waals surface area contributed by atoms with Crippen LogP contribution in [0.5, 0.6) is 5.75 Å². The van der Waals surface area contributed by atoms with Crippen LogP contribution in [0, 0.1) is 5.41 Å². The summed E-state index contributed by atoms with van der Waals surface area (Å²) in [5.74, 6) is 0.315. The van der Waals surface area contributed by atoms with Crippen molar-refractivity contribution in [2.24, 2.45) is 5.41 Å². The van der Waals surface area contributed by atoms with Gasteiger partial charge in [-0.15, -0.1) is 0 Å². The molecule has 1 amide bonds. The molecule has 2 aromatic rings. The molecular formula is C27H44N2O5Si. The quantitative estimate of drug-likeness (QED) is 0.318. The fraction of sp³-hybridized carbons (Fsp3) is 0.593. The first-order valence-corrected chi connectivity index (χ1v) is 15.3. The predicted octanol–water partition coefficient (Wildman–Crippen LogP) is 5.37. The smallest absolute Gasteiger partial charge is 0.413 e. The Kier molecular flexibility index (Phi) is 10.6. The van der Waals surface area contributed by atoms with Gasteiger partial charge in [0.2, 0.25) is 0 Å². The van der Waals surface area contributed by atoms with Gasteiger partial charge in [-0.1, -0.05) is 65.0 Å². The van der Waals surface area contributed by atoms with Crippen LogP contribution in [-0.4, -0.2) is 51.4 Å². The maximum atomic E-state index is 12.4. The number of amides is 1. The Labute approximate surface area is 211 Å². The Morgan fingerprint density at radius 1 is 1.11 bits per heavy atom. The Bertz CT molecular complexity index is 879. The van der Waals surface area contributed by atoms with Gasteiger partial charge in [0.15, 0.2) is 14.1 Å². The van der Waals surface area contributed by atoms with E-state index in [4.69, 9.17) is 13.6 Å². The molecule has 1 heterocycles. The minimum absolute atomic E-state index is 0.00462. The first-order valence-electron chi connectivity index (χ1n) is 12.4. The summed E-state index contributed by atoms with van der Waals surface area (Å²) in [7, 11) is -1.76. The third-order valence-corrected chi connectivity index (χ3v) is 11.3. The number of carbonyl (C=O) groups is 1. The molecule has 7 nitrogen and oxygen atoms in total. The molecule has 2 atom stereocenters. The highest BCUT2D eigenvalue weighted by Crippen LogP contribution is 2.37. The first kappa shape index (κ1) is 29.1. The number of rotatable bonds is 13. The highest BCUT2D eigenvalue weighted by Gasteiger charge is 2.37. The number of furan rings is 1. The van der Waals surface area contributed by atoms with E-state index in [1.807, 2.05) is 30.3 Å². The molecule has 0 bridgehead atoms. The van der Waals surface area contributed by atoms with Crippen molar-refractivity contribution < 1.29 is 23.5 Å². The molecule has 3 N–H and O–H groups in total. The van der Waals surface area contributed by atoms with Gasteiger partial charge in [0, 0.05) is 25.8 Å². The number of nitrogens with one attached hydrogen (secondary N) is 2. The van der Waals surface area contributed by atoms with Crippen molar-refractivity contribution in [2.45, 2.75) is 77.7 Å². The Hall–Kier alpha value is -2.13. The average molecular weight is 505 g/mol. The molecule has 35 heavy (non-hydrogen) atoms. The van der Waals surface area contributed by atoms with Gasteiger partial charge in [-0.3, -0.25) is 0 Å². The van der Waals surface area contributed by atoms with Crippen molar-refractivity contribution in [2.75, 3.05) is 19.7 Å². The fourth-order valence-corrected chi connectivity index (χ4v) is 4.38. The first-order chi connectivity index (χ1) is 16.3. The van der Waals surface area contributed by atoms with Crippen LogP contribution in [0.25, 0.3) is 0 Å². The molecule has 0 aliphatic heterocycles. The van der Waals surface area contributed by atoms with Gasteiger partial charge in [-0.25, -0.2) is 4.79 Å². The Morgan fingerprint density at radius 3 is 2.40 bits per heavy atom. The number of ether oxygens (including phenoxy) is 1. The molecule has 8 heteroatoms. The van der Waals surface area contributed by atoms with Gasteiger partial charge in [-0.2, -0.15) is 0 Å². The van der Waals surface area contributed by atoms with E-state index < -0.39 is 26.6 Å². The fourth-order valence-electron chi connectivity index (χ4n) is 3.34. The second-order valence-corrected chi connectivity index (χ2v) is 16.3. The number of hydrogen-bond acceptors (Lipinski definition) is 6. The lowest BCUT2D eigenvalue weighted by atomic mass is 9.89. The van der Waals surface area contributed by atoms with Gasteiger partial charge < -0.3 is 29.3 Å². The molecule has 1 aromatic carbocycles. The van der Waals surface area contributed by atoms with Crippen LogP contribution in [0.4, 0.5) is 4.79 Å². The number of aliphatic hydroxyl groups excluding tert-OH is 1. The second-order valence-electron chi connectivity index (χ2n) is 11.5. The predicted molar refractivity (Wildman–Crippen MR) is 142 cm³/mol. The summed E-state index contributed by atoms with van der Waals surface area (Å²) in [6.45, 7) is 17.5. The molecular weight excluding hydrogens is 460 g/mol. The third-order valence-electron chi connectivity index (χ3n) is 6.78. The van der Waals surface area contributed by atoms with Crippen LogP contribution < -0.4 is 15.4 Å². The minimum atomic E-state index is -1.76. The molecule has 2 rings (SSSR count). The largest absolute Gasteiger partial charge is 0.469 e. The van der Waals surface area contributed by atoms with E-state index in [0.717, 1.165) is 25.1 Å². The number of hydrogen-bond donors (Lipinski definition) is 3. The number of carbonyl (C=O) groups excluding carboxylic acids is 1. The zero-order valence-electron chi connectivity index (χ0n) is 22.4. The third kappa shape index (κ3) is 10.2. The van der Waals surface area contributed by atoms with E-state index >= 15 is 0 Å². The number of aliphatic hydroxyl groups is 1. The SMILES string of the molecule is CC(C)(CCO[Si](C)(C)C(C)(C)C)CNC[C@H](O)[C@H](Cc1ccccc1)NC(=O)Oc1ccoc1. The molecule has 0 saturated heterocycles. The zero-order chi connectivity index (χ0) is 26.1. The monoisotopic (exact) mass is 504 g/mol. The molecule has 0 spiro atoms. The normalized spacial score (nSPS) is 14.4. The van der Waals surface area contributed by atoms with Gasteiger partial charge in [0.05, 0.1) is 18.4 Å². The standard InChI is InChI=1S/C27H44N2O5Si/c1-26(2,3)35(6,7)33-16-14-27(4,5)20-28-18-24(30)23(17-21-11-9-8-10-12-21)29-25(31)34-22-13-15-32-19-22/h8-13,15,19,23-24,28,30H,14,16-18,20H2,1-7H3,(H,29,31)/t23-,24-/m0/s1. The summed E-state index contributed by atoms with van der Waals surface area (Å²) in [6, 6.07) is 10.8. The summed E-state index contributed by atoms with van der Waals surface area (Å²) in [5, 5.41) is 17.3. The van der Waals surface area contributed by atoms with Gasteiger partial charge in [0.1, 0.15) is 6.26 Å². The van der Waals surface area contributed by atoms with Crippen molar-refractivity contribution in [3.8, 4) is 5.75 Å².